The molecule has 1 N–H and O–H groups in total. The van der Waals surface area contributed by atoms with Crippen LogP contribution in [0.4, 0.5) is 0 Å². The normalized spacial score (nSPS) is 10.5. The highest BCUT2D eigenvalue weighted by Gasteiger charge is 2.14. The molecule has 4 nitrogen and oxygen atoms in total. The number of hydrogen-bond acceptors (Lipinski definition) is 3. The SMILES string of the molecule is COC(=O)c1c[nH]c2c(C)cc(Br)cc2c1=O. The average molecular weight is 296 g/mol. The van der Waals surface area contributed by atoms with Gasteiger partial charge in [-0.25, -0.2) is 4.79 Å². The summed E-state index contributed by atoms with van der Waals surface area (Å²) >= 11 is 3.33. The lowest BCUT2D eigenvalue weighted by Crippen LogP contribution is -2.17. The van der Waals surface area contributed by atoms with Gasteiger partial charge < -0.3 is 9.72 Å². The fourth-order valence-electron chi connectivity index (χ4n) is 1.73. The van der Waals surface area contributed by atoms with Crippen molar-refractivity contribution in [1.82, 2.24) is 4.98 Å². The Kier molecular flexibility index (Phi) is 3.02. The van der Waals surface area contributed by atoms with Gasteiger partial charge in [-0.2, -0.15) is 0 Å². The van der Waals surface area contributed by atoms with Gasteiger partial charge in [-0.05, 0) is 24.6 Å². The molecule has 2 aromatic rings. The monoisotopic (exact) mass is 295 g/mol. The summed E-state index contributed by atoms with van der Waals surface area (Å²) in [6, 6.07) is 3.59. The number of H-pyrrole nitrogens is 1. The summed E-state index contributed by atoms with van der Waals surface area (Å²) in [6.45, 7) is 1.89. The predicted molar refractivity (Wildman–Crippen MR) is 68.3 cm³/mol. The summed E-state index contributed by atoms with van der Waals surface area (Å²) in [6.07, 6.45) is 1.39. The Morgan fingerprint density at radius 3 is 2.76 bits per heavy atom. The molecule has 0 bridgehead atoms. The zero-order valence-corrected chi connectivity index (χ0v) is 10.9. The van der Waals surface area contributed by atoms with E-state index in [2.05, 4.69) is 25.7 Å². The lowest BCUT2D eigenvalue weighted by molar-refractivity contribution is 0.0599. The van der Waals surface area contributed by atoms with Crippen molar-refractivity contribution in [2.45, 2.75) is 6.92 Å². The van der Waals surface area contributed by atoms with Crippen LogP contribution in [0.5, 0.6) is 0 Å². The third-order valence-corrected chi connectivity index (χ3v) is 3.01. The van der Waals surface area contributed by atoms with Crippen LogP contribution < -0.4 is 5.43 Å². The van der Waals surface area contributed by atoms with Crippen molar-refractivity contribution in [3.63, 3.8) is 0 Å². The number of esters is 1. The summed E-state index contributed by atoms with van der Waals surface area (Å²) in [4.78, 5) is 26.4. The number of aromatic amines is 1. The van der Waals surface area contributed by atoms with E-state index < -0.39 is 5.97 Å². The van der Waals surface area contributed by atoms with Crippen molar-refractivity contribution >= 4 is 32.8 Å². The first-order valence-electron chi connectivity index (χ1n) is 4.94. The smallest absolute Gasteiger partial charge is 0.343 e. The van der Waals surface area contributed by atoms with Crippen LogP contribution in [-0.2, 0) is 4.74 Å². The Balaban J connectivity index is 2.85. The second kappa shape index (κ2) is 4.33. The number of rotatable bonds is 1. The van der Waals surface area contributed by atoms with Crippen LogP contribution in [0, 0.1) is 6.92 Å². The number of ether oxygens (including phenoxy) is 1. The Hall–Kier alpha value is -1.62. The minimum absolute atomic E-state index is 0.0116. The number of carbonyl (C=O) groups is 1. The maximum absolute atomic E-state index is 12.1. The minimum atomic E-state index is -0.634. The predicted octanol–water partition coefficient (Wildman–Crippen LogP) is 2.39. The number of methoxy groups -OCH3 is 1. The molecule has 0 amide bonds. The van der Waals surface area contributed by atoms with Crippen LogP contribution >= 0.6 is 15.9 Å². The van der Waals surface area contributed by atoms with Crippen molar-refractivity contribution in [3.8, 4) is 0 Å². The quantitative estimate of drug-likeness (QED) is 0.822. The van der Waals surface area contributed by atoms with Crippen LogP contribution in [0.3, 0.4) is 0 Å². The van der Waals surface area contributed by atoms with Gasteiger partial charge in [-0.1, -0.05) is 15.9 Å². The molecule has 2 rings (SSSR count). The van der Waals surface area contributed by atoms with Crippen LogP contribution in [0.1, 0.15) is 15.9 Å². The summed E-state index contributed by atoms with van der Waals surface area (Å²) in [7, 11) is 1.25. The number of pyridine rings is 1. The molecule has 1 aromatic carbocycles. The Morgan fingerprint density at radius 2 is 2.12 bits per heavy atom. The van der Waals surface area contributed by atoms with E-state index in [0.717, 1.165) is 15.6 Å². The van der Waals surface area contributed by atoms with E-state index in [4.69, 9.17) is 0 Å². The van der Waals surface area contributed by atoms with Crippen molar-refractivity contribution in [1.29, 1.82) is 0 Å². The number of nitrogens with one attached hydrogen (secondary N) is 1. The number of benzene rings is 1. The van der Waals surface area contributed by atoms with Crippen molar-refractivity contribution in [2.24, 2.45) is 0 Å². The van der Waals surface area contributed by atoms with Gasteiger partial charge >= 0.3 is 5.97 Å². The number of hydrogen-bond donors (Lipinski definition) is 1. The van der Waals surface area contributed by atoms with Crippen molar-refractivity contribution in [2.75, 3.05) is 7.11 Å². The Labute approximate surface area is 106 Å². The molecule has 0 unspecified atom stereocenters. The Morgan fingerprint density at radius 1 is 1.41 bits per heavy atom. The van der Waals surface area contributed by atoms with Crippen molar-refractivity contribution in [3.05, 3.63) is 44.2 Å². The number of aryl methyl sites for hydroxylation is 1. The molecule has 0 atom stereocenters. The maximum Gasteiger partial charge on any atom is 0.343 e. The molecule has 0 aliphatic rings. The minimum Gasteiger partial charge on any atom is -0.465 e. The number of halogens is 1. The second-order valence-electron chi connectivity index (χ2n) is 3.67. The fourth-order valence-corrected chi connectivity index (χ4v) is 2.30. The second-order valence-corrected chi connectivity index (χ2v) is 4.58. The number of carbonyl (C=O) groups excluding carboxylic acids is 1. The molecule has 88 valence electrons. The van der Waals surface area contributed by atoms with Gasteiger partial charge in [-0.15, -0.1) is 0 Å². The molecule has 0 fully saturated rings. The van der Waals surface area contributed by atoms with E-state index in [1.165, 1.54) is 13.3 Å². The molecule has 0 saturated heterocycles. The van der Waals surface area contributed by atoms with Crippen LogP contribution in [-0.4, -0.2) is 18.1 Å². The molecule has 17 heavy (non-hydrogen) atoms. The van der Waals surface area contributed by atoms with Crippen LogP contribution in [0.15, 0.2) is 27.6 Å². The van der Waals surface area contributed by atoms with Gasteiger partial charge in [0.25, 0.3) is 0 Å². The van der Waals surface area contributed by atoms with E-state index in [9.17, 15) is 9.59 Å². The first kappa shape index (κ1) is 11.9. The van der Waals surface area contributed by atoms with Gasteiger partial charge in [0, 0.05) is 16.1 Å². The summed E-state index contributed by atoms with van der Waals surface area (Å²) in [5, 5.41) is 0.472. The molecule has 0 saturated carbocycles. The van der Waals surface area contributed by atoms with E-state index in [1.54, 1.807) is 6.07 Å². The highest BCUT2D eigenvalue weighted by Crippen LogP contribution is 2.20. The van der Waals surface area contributed by atoms with Gasteiger partial charge in [0.05, 0.1) is 12.6 Å². The maximum atomic E-state index is 12.1. The average Bonchev–Trinajstić information content (AvgIpc) is 2.29. The summed E-state index contributed by atoms with van der Waals surface area (Å²) in [5.41, 5.74) is 1.35. The third-order valence-electron chi connectivity index (χ3n) is 2.56. The van der Waals surface area contributed by atoms with E-state index in [0.29, 0.717) is 5.39 Å². The molecule has 0 aliphatic carbocycles. The molecular formula is C12H10BrNO3. The summed E-state index contributed by atoms with van der Waals surface area (Å²) < 4.78 is 5.36. The molecule has 0 radical (unpaired) electrons. The molecule has 5 heteroatoms. The lowest BCUT2D eigenvalue weighted by atomic mass is 10.1. The lowest BCUT2D eigenvalue weighted by Gasteiger charge is -2.05. The van der Waals surface area contributed by atoms with Crippen LogP contribution in [0.2, 0.25) is 0 Å². The highest BCUT2D eigenvalue weighted by molar-refractivity contribution is 9.10. The van der Waals surface area contributed by atoms with Crippen molar-refractivity contribution < 1.29 is 9.53 Å². The zero-order valence-electron chi connectivity index (χ0n) is 9.33. The molecule has 0 spiro atoms. The van der Waals surface area contributed by atoms with Gasteiger partial charge in [0.2, 0.25) is 5.43 Å². The largest absolute Gasteiger partial charge is 0.465 e. The number of aromatic nitrogens is 1. The van der Waals surface area contributed by atoms with Gasteiger partial charge in [0.1, 0.15) is 5.56 Å². The molecular weight excluding hydrogens is 286 g/mol. The van der Waals surface area contributed by atoms with Gasteiger partial charge in [-0.3, -0.25) is 4.79 Å². The Bertz CT molecular complexity index is 661. The highest BCUT2D eigenvalue weighted by atomic mass is 79.9. The molecule has 1 aromatic heterocycles. The topological polar surface area (TPSA) is 59.2 Å². The van der Waals surface area contributed by atoms with E-state index in [-0.39, 0.29) is 11.0 Å². The molecule has 1 heterocycles. The summed E-state index contributed by atoms with van der Waals surface area (Å²) in [5.74, 6) is -0.634. The first-order chi connectivity index (χ1) is 8.04. The number of fused-ring (bicyclic) bond motifs is 1. The zero-order chi connectivity index (χ0) is 12.6. The fraction of sp³-hybridized carbons (Fsp3) is 0.167. The van der Waals surface area contributed by atoms with E-state index >= 15 is 0 Å². The van der Waals surface area contributed by atoms with E-state index in [1.807, 2.05) is 13.0 Å². The van der Waals surface area contributed by atoms with Gasteiger partial charge in [0.15, 0.2) is 0 Å². The standard InChI is InChI=1S/C12H10BrNO3/c1-6-3-7(13)4-8-10(6)14-5-9(11(8)15)12(16)17-2/h3-5H,1-2H3,(H,14,15). The molecule has 0 aliphatic heterocycles. The first-order valence-corrected chi connectivity index (χ1v) is 5.73. The third kappa shape index (κ3) is 1.98. The van der Waals surface area contributed by atoms with Crippen LogP contribution in [0.25, 0.3) is 10.9 Å².